The third kappa shape index (κ3) is 2.74. The highest BCUT2D eigenvalue weighted by atomic mass is 16.5. The molecule has 0 aliphatic carbocycles. The summed E-state index contributed by atoms with van der Waals surface area (Å²) in [7, 11) is 0. The normalized spacial score (nSPS) is 23.6. The first-order valence-electron chi connectivity index (χ1n) is 6.24. The molecule has 1 amide bonds. The first-order chi connectivity index (χ1) is 7.66. The van der Waals surface area contributed by atoms with Crippen molar-refractivity contribution in [1.82, 2.24) is 9.80 Å². The fourth-order valence-electron chi connectivity index (χ4n) is 2.19. The number of morpholine rings is 1. The van der Waals surface area contributed by atoms with E-state index in [0.29, 0.717) is 24.3 Å². The van der Waals surface area contributed by atoms with Gasteiger partial charge in [-0.1, -0.05) is 13.8 Å². The molecule has 4 heteroatoms. The Labute approximate surface area is 97.5 Å². The van der Waals surface area contributed by atoms with E-state index in [0.717, 1.165) is 39.4 Å². The first-order valence-corrected chi connectivity index (χ1v) is 6.24. The topological polar surface area (TPSA) is 32.8 Å². The van der Waals surface area contributed by atoms with Crippen LogP contribution in [0.5, 0.6) is 0 Å². The SMILES string of the molecule is CC(C)C1CN(C(=O)CN2CCOCC2)C1. The van der Waals surface area contributed by atoms with E-state index in [-0.39, 0.29) is 0 Å². The molecule has 0 bridgehead atoms. The van der Waals surface area contributed by atoms with Crippen LogP contribution in [0.2, 0.25) is 0 Å². The van der Waals surface area contributed by atoms with Crippen LogP contribution in [-0.4, -0.2) is 61.6 Å². The van der Waals surface area contributed by atoms with Crippen LogP contribution in [-0.2, 0) is 9.53 Å². The summed E-state index contributed by atoms with van der Waals surface area (Å²) in [6, 6.07) is 0. The van der Waals surface area contributed by atoms with Gasteiger partial charge in [-0.2, -0.15) is 0 Å². The minimum Gasteiger partial charge on any atom is -0.379 e. The molecule has 2 fully saturated rings. The molecule has 0 aromatic rings. The second kappa shape index (κ2) is 5.15. The molecule has 0 aromatic heterocycles. The van der Waals surface area contributed by atoms with Gasteiger partial charge in [-0.15, -0.1) is 0 Å². The van der Waals surface area contributed by atoms with Gasteiger partial charge in [0.25, 0.3) is 0 Å². The Bertz CT molecular complexity index is 243. The molecule has 0 atom stereocenters. The molecule has 92 valence electrons. The number of hydrogen-bond acceptors (Lipinski definition) is 3. The zero-order valence-electron chi connectivity index (χ0n) is 10.3. The zero-order chi connectivity index (χ0) is 11.5. The predicted molar refractivity (Wildman–Crippen MR) is 62.2 cm³/mol. The number of likely N-dealkylation sites (tertiary alicyclic amines) is 1. The van der Waals surface area contributed by atoms with E-state index in [1.807, 2.05) is 4.90 Å². The van der Waals surface area contributed by atoms with E-state index in [4.69, 9.17) is 4.74 Å². The summed E-state index contributed by atoms with van der Waals surface area (Å²) < 4.78 is 5.26. The number of carbonyl (C=O) groups is 1. The van der Waals surface area contributed by atoms with Crippen LogP contribution in [0.25, 0.3) is 0 Å². The summed E-state index contributed by atoms with van der Waals surface area (Å²) >= 11 is 0. The van der Waals surface area contributed by atoms with Gasteiger partial charge in [-0.25, -0.2) is 0 Å². The molecule has 2 aliphatic rings. The predicted octanol–water partition coefficient (Wildman–Crippen LogP) is 0.433. The quantitative estimate of drug-likeness (QED) is 0.700. The number of nitrogens with zero attached hydrogens (tertiary/aromatic N) is 2. The molecule has 4 nitrogen and oxygen atoms in total. The summed E-state index contributed by atoms with van der Waals surface area (Å²) in [5, 5.41) is 0. The Hall–Kier alpha value is -0.610. The molecule has 2 rings (SSSR count). The van der Waals surface area contributed by atoms with Gasteiger partial charge in [0.05, 0.1) is 19.8 Å². The van der Waals surface area contributed by atoms with Gasteiger partial charge < -0.3 is 9.64 Å². The average Bonchev–Trinajstić information content (AvgIpc) is 2.15. The Balaban J connectivity index is 1.69. The van der Waals surface area contributed by atoms with Crippen molar-refractivity contribution in [3.8, 4) is 0 Å². The molecular formula is C12H22N2O2. The van der Waals surface area contributed by atoms with Crippen LogP contribution in [0.4, 0.5) is 0 Å². The minimum absolute atomic E-state index is 0.291. The summed E-state index contributed by atoms with van der Waals surface area (Å²) in [5.74, 6) is 1.71. The molecule has 0 N–H and O–H groups in total. The van der Waals surface area contributed by atoms with Crippen molar-refractivity contribution in [2.75, 3.05) is 45.9 Å². The van der Waals surface area contributed by atoms with Crippen molar-refractivity contribution in [1.29, 1.82) is 0 Å². The van der Waals surface area contributed by atoms with E-state index >= 15 is 0 Å². The first kappa shape index (κ1) is 11.9. The Morgan fingerprint density at radius 1 is 1.31 bits per heavy atom. The monoisotopic (exact) mass is 226 g/mol. The molecule has 0 spiro atoms. The van der Waals surface area contributed by atoms with Gasteiger partial charge in [-0.3, -0.25) is 9.69 Å². The fourth-order valence-corrected chi connectivity index (χ4v) is 2.19. The fraction of sp³-hybridized carbons (Fsp3) is 0.917. The number of hydrogen-bond donors (Lipinski definition) is 0. The number of ether oxygens (including phenoxy) is 1. The van der Waals surface area contributed by atoms with E-state index in [1.165, 1.54) is 0 Å². The van der Waals surface area contributed by atoms with Gasteiger partial charge in [0.1, 0.15) is 0 Å². The highest BCUT2D eigenvalue weighted by Gasteiger charge is 2.32. The zero-order valence-corrected chi connectivity index (χ0v) is 10.3. The van der Waals surface area contributed by atoms with E-state index in [2.05, 4.69) is 18.7 Å². The minimum atomic E-state index is 0.291. The molecule has 0 aromatic carbocycles. The van der Waals surface area contributed by atoms with Crippen molar-refractivity contribution < 1.29 is 9.53 Å². The second-order valence-corrected chi connectivity index (χ2v) is 5.19. The lowest BCUT2D eigenvalue weighted by Gasteiger charge is -2.42. The number of amides is 1. The van der Waals surface area contributed by atoms with Crippen molar-refractivity contribution in [2.24, 2.45) is 11.8 Å². The van der Waals surface area contributed by atoms with Crippen molar-refractivity contribution in [3.05, 3.63) is 0 Å². The van der Waals surface area contributed by atoms with E-state index in [1.54, 1.807) is 0 Å². The molecule has 2 saturated heterocycles. The molecule has 0 unspecified atom stereocenters. The Morgan fingerprint density at radius 3 is 2.50 bits per heavy atom. The smallest absolute Gasteiger partial charge is 0.236 e. The Morgan fingerprint density at radius 2 is 1.94 bits per heavy atom. The van der Waals surface area contributed by atoms with Crippen LogP contribution in [0.1, 0.15) is 13.8 Å². The summed E-state index contributed by atoms with van der Waals surface area (Å²) in [4.78, 5) is 16.1. The van der Waals surface area contributed by atoms with Crippen LogP contribution in [0.15, 0.2) is 0 Å². The van der Waals surface area contributed by atoms with Crippen LogP contribution in [0, 0.1) is 11.8 Å². The van der Waals surface area contributed by atoms with Crippen molar-refractivity contribution >= 4 is 5.91 Å². The van der Waals surface area contributed by atoms with Gasteiger partial charge in [0.2, 0.25) is 5.91 Å². The van der Waals surface area contributed by atoms with Gasteiger partial charge in [0, 0.05) is 26.2 Å². The molecule has 0 saturated carbocycles. The highest BCUT2D eigenvalue weighted by Crippen LogP contribution is 2.23. The van der Waals surface area contributed by atoms with E-state index in [9.17, 15) is 4.79 Å². The molecule has 2 aliphatic heterocycles. The maximum absolute atomic E-state index is 11.9. The van der Waals surface area contributed by atoms with Crippen molar-refractivity contribution in [2.45, 2.75) is 13.8 Å². The summed E-state index contributed by atoms with van der Waals surface area (Å²) in [6.45, 7) is 10.3. The van der Waals surface area contributed by atoms with Gasteiger partial charge in [-0.05, 0) is 11.8 Å². The second-order valence-electron chi connectivity index (χ2n) is 5.19. The van der Waals surface area contributed by atoms with Crippen molar-refractivity contribution in [3.63, 3.8) is 0 Å². The third-order valence-electron chi connectivity index (χ3n) is 3.67. The lowest BCUT2D eigenvalue weighted by molar-refractivity contribution is -0.140. The average molecular weight is 226 g/mol. The Kier molecular flexibility index (Phi) is 3.82. The number of rotatable bonds is 3. The largest absolute Gasteiger partial charge is 0.379 e. The molecule has 16 heavy (non-hydrogen) atoms. The molecule has 0 radical (unpaired) electrons. The molecular weight excluding hydrogens is 204 g/mol. The van der Waals surface area contributed by atoms with Gasteiger partial charge in [0.15, 0.2) is 0 Å². The summed E-state index contributed by atoms with van der Waals surface area (Å²) in [5.41, 5.74) is 0. The highest BCUT2D eigenvalue weighted by molar-refractivity contribution is 5.79. The summed E-state index contributed by atoms with van der Waals surface area (Å²) in [6.07, 6.45) is 0. The van der Waals surface area contributed by atoms with E-state index < -0.39 is 0 Å². The third-order valence-corrected chi connectivity index (χ3v) is 3.67. The maximum atomic E-state index is 11.9. The lowest BCUT2D eigenvalue weighted by atomic mass is 9.88. The van der Waals surface area contributed by atoms with Gasteiger partial charge >= 0.3 is 0 Å². The maximum Gasteiger partial charge on any atom is 0.236 e. The van der Waals surface area contributed by atoms with Crippen LogP contribution >= 0.6 is 0 Å². The molecule has 2 heterocycles. The van der Waals surface area contributed by atoms with Crippen LogP contribution < -0.4 is 0 Å². The van der Waals surface area contributed by atoms with Crippen LogP contribution in [0.3, 0.4) is 0 Å². The standard InChI is InChI=1S/C12H22N2O2/c1-10(2)11-7-14(8-11)12(15)9-13-3-5-16-6-4-13/h10-11H,3-9H2,1-2H3. The lowest BCUT2D eigenvalue weighted by Crippen LogP contribution is -2.55. The number of carbonyl (C=O) groups excluding carboxylic acids is 1.